The molecule has 1 amide bonds. The standard InChI is InChI=1S/C22H18ClF3N2O3S2/c1-28(33(30,31)18-10-8-17(32-2)9-11-18)16-6-3-14(4-7-16)21(29)27-15-5-12-20(23)19(13-15)22(24,25)26/h3-13H,1-2H3,(H,27,29). The molecule has 0 bridgehead atoms. The normalized spacial score (nSPS) is 11.8. The number of benzene rings is 3. The number of nitrogens with zero attached hydrogens (tertiary/aromatic N) is 1. The summed E-state index contributed by atoms with van der Waals surface area (Å²) in [7, 11) is -2.43. The molecular weight excluding hydrogens is 497 g/mol. The first-order valence-corrected chi connectivity index (χ1v) is 12.4. The van der Waals surface area contributed by atoms with Gasteiger partial charge in [0.05, 0.1) is 21.2 Å². The number of thioether (sulfide) groups is 1. The van der Waals surface area contributed by atoms with Crippen LogP contribution in [0.25, 0.3) is 0 Å². The molecule has 3 rings (SSSR count). The van der Waals surface area contributed by atoms with Gasteiger partial charge in [-0.2, -0.15) is 13.2 Å². The third kappa shape index (κ3) is 5.63. The maximum atomic E-state index is 13.0. The van der Waals surface area contributed by atoms with Crippen LogP contribution in [-0.4, -0.2) is 27.6 Å². The van der Waals surface area contributed by atoms with Gasteiger partial charge in [0, 0.05) is 23.2 Å². The zero-order valence-corrected chi connectivity index (χ0v) is 19.7. The Labute approximate surface area is 198 Å². The molecule has 174 valence electrons. The van der Waals surface area contributed by atoms with E-state index in [-0.39, 0.29) is 16.1 Å². The Morgan fingerprint density at radius 3 is 2.15 bits per heavy atom. The van der Waals surface area contributed by atoms with Crippen molar-refractivity contribution >= 4 is 50.7 Å². The van der Waals surface area contributed by atoms with Gasteiger partial charge in [0.15, 0.2) is 0 Å². The zero-order valence-electron chi connectivity index (χ0n) is 17.4. The minimum absolute atomic E-state index is 0.0748. The fraction of sp³-hybridized carbons (Fsp3) is 0.136. The molecule has 0 aliphatic rings. The van der Waals surface area contributed by atoms with Crippen molar-refractivity contribution in [3.8, 4) is 0 Å². The van der Waals surface area contributed by atoms with Gasteiger partial charge in [0.2, 0.25) is 0 Å². The van der Waals surface area contributed by atoms with E-state index in [0.717, 1.165) is 21.3 Å². The Kier molecular flexibility index (Phi) is 7.30. The number of hydrogen-bond donors (Lipinski definition) is 1. The van der Waals surface area contributed by atoms with E-state index in [0.29, 0.717) is 5.69 Å². The van der Waals surface area contributed by atoms with Gasteiger partial charge in [-0.05, 0) is 73.0 Å². The Hall–Kier alpha value is -2.69. The highest BCUT2D eigenvalue weighted by Gasteiger charge is 2.33. The van der Waals surface area contributed by atoms with Crippen LogP contribution >= 0.6 is 23.4 Å². The molecule has 0 saturated heterocycles. The van der Waals surface area contributed by atoms with Gasteiger partial charge in [-0.15, -0.1) is 11.8 Å². The molecule has 0 aliphatic heterocycles. The largest absolute Gasteiger partial charge is 0.417 e. The Balaban J connectivity index is 1.77. The molecule has 1 N–H and O–H groups in total. The molecule has 0 saturated carbocycles. The quantitative estimate of drug-likeness (QED) is 0.400. The molecule has 0 fully saturated rings. The molecule has 0 atom stereocenters. The number of amides is 1. The first kappa shape index (κ1) is 24.9. The molecular formula is C22H18ClF3N2O3S2. The van der Waals surface area contributed by atoms with Crippen LogP contribution < -0.4 is 9.62 Å². The highest BCUT2D eigenvalue weighted by atomic mass is 35.5. The summed E-state index contributed by atoms with van der Waals surface area (Å²) in [6.45, 7) is 0. The van der Waals surface area contributed by atoms with Crippen molar-refractivity contribution in [2.24, 2.45) is 0 Å². The van der Waals surface area contributed by atoms with Crippen LogP contribution in [0, 0.1) is 0 Å². The van der Waals surface area contributed by atoms with E-state index in [9.17, 15) is 26.4 Å². The van der Waals surface area contributed by atoms with Crippen molar-refractivity contribution < 1.29 is 26.4 Å². The number of nitrogens with one attached hydrogen (secondary N) is 1. The molecule has 33 heavy (non-hydrogen) atoms. The van der Waals surface area contributed by atoms with Crippen LogP contribution in [0.1, 0.15) is 15.9 Å². The second-order valence-corrected chi connectivity index (χ2v) is 10.1. The number of rotatable bonds is 6. The molecule has 0 heterocycles. The number of alkyl halides is 3. The third-order valence-electron chi connectivity index (χ3n) is 4.74. The summed E-state index contributed by atoms with van der Waals surface area (Å²) in [5.41, 5.74) is -0.687. The second-order valence-electron chi connectivity index (χ2n) is 6.84. The van der Waals surface area contributed by atoms with Crippen molar-refractivity contribution in [3.05, 3.63) is 82.9 Å². The lowest BCUT2D eigenvalue weighted by Gasteiger charge is -2.20. The number of hydrogen-bond acceptors (Lipinski definition) is 4. The van der Waals surface area contributed by atoms with Crippen LogP contribution in [-0.2, 0) is 16.2 Å². The van der Waals surface area contributed by atoms with Gasteiger partial charge >= 0.3 is 6.18 Å². The van der Waals surface area contributed by atoms with Crippen molar-refractivity contribution in [3.63, 3.8) is 0 Å². The first-order chi connectivity index (χ1) is 15.4. The molecule has 0 unspecified atom stereocenters. The zero-order chi connectivity index (χ0) is 24.4. The molecule has 11 heteroatoms. The van der Waals surface area contributed by atoms with E-state index in [1.54, 1.807) is 12.1 Å². The summed E-state index contributed by atoms with van der Waals surface area (Å²) in [5, 5.41) is 1.91. The molecule has 0 spiro atoms. The lowest BCUT2D eigenvalue weighted by molar-refractivity contribution is -0.137. The van der Waals surface area contributed by atoms with Crippen molar-refractivity contribution in [2.75, 3.05) is 22.9 Å². The van der Waals surface area contributed by atoms with Crippen LogP contribution in [0.2, 0.25) is 5.02 Å². The summed E-state index contributed by atoms with van der Waals surface area (Å²) >= 11 is 7.08. The Morgan fingerprint density at radius 1 is 1.00 bits per heavy atom. The number of carbonyl (C=O) groups is 1. The van der Waals surface area contributed by atoms with E-state index >= 15 is 0 Å². The fourth-order valence-corrected chi connectivity index (χ4v) is 4.72. The van der Waals surface area contributed by atoms with Gasteiger partial charge < -0.3 is 5.32 Å². The topological polar surface area (TPSA) is 66.5 Å². The highest BCUT2D eigenvalue weighted by Crippen LogP contribution is 2.36. The maximum Gasteiger partial charge on any atom is 0.417 e. The first-order valence-electron chi connectivity index (χ1n) is 9.34. The summed E-state index contributed by atoms with van der Waals surface area (Å²) in [6, 6.07) is 15.1. The monoisotopic (exact) mass is 514 g/mol. The van der Waals surface area contributed by atoms with E-state index in [1.807, 2.05) is 6.26 Å². The van der Waals surface area contributed by atoms with E-state index in [2.05, 4.69) is 5.32 Å². The van der Waals surface area contributed by atoms with Gasteiger partial charge in [-0.1, -0.05) is 11.6 Å². The number of sulfonamides is 1. The van der Waals surface area contributed by atoms with Crippen LogP contribution in [0.4, 0.5) is 24.5 Å². The van der Waals surface area contributed by atoms with Crippen molar-refractivity contribution in [1.82, 2.24) is 0 Å². The highest BCUT2D eigenvalue weighted by molar-refractivity contribution is 7.98. The summed E-state index contributed by atoms with van der Waals surface area (Å²) in [5.74, 6) is -0.657. The summed E-state index contributed by atoms with van der Waals surface area (Å²) in [6.07, 6.45) is -2.78. The SMILES string of the molecule is CSc1ccc(S(=O)(=O)N(C)c2ccc(C(=O)Nc3ccc(Cl)c(C(F)(F)F)c3)cc2)cc1. The molecule has 5 nitrogen and oxygen atoms in total. The van der Waals surface area contributed by atoms with E-state index < -0.39 is 32.7 Å². The Bertz CT molecular complexity index is 1260. The third-order valence-corrected chi connectivity index (χ3v) is 7.61. The molecule has 3 aromatic rings. The molecule has 0 aromatic heterocycles. The minimum atomic E-state index is -4.66. The summed E-state index contributed by atoms with van der Waals surface area (Å²) < 4.78 is 65.9. The van der Waals surface area contributed by atoms with Crippen molar-refractivity contribution in [1.29, 1.82) is 0 Å². The predicted molar refractivity (Wildman–Crippen MR) is 125 cm³/mol. The maximum absolute atomic E-state index is 13.0. The predicted octanol–water partition coefficient (Wildman–Crippen LogP) is 6.16. The number of halogens is 4. The van der Waals surface area contributed by atoms with Gasteiger partial charge in [-0.3, -0.25) is 9.10 Å². The van der Waals surface area contributed by atoms with Crippen LogP contribution in [0.15, 0.2) is 76.5 Å². The molecule has 0 radical (unpaired) electrons. The second kappa shape index (κ2) is 9.66. The van der Waals surface area contributed by atoms with Gasteiger partial charge in [-0.25, -0.2) is 8.42 Å². The lowest BCUT2D eigenvalue weighted by Crippen LogP contribution is -2.26. The summed E-state index contributed by atoms with van der Waals surface area (Å²) in [4.78, 5) is 13.5. The fourth-order valence-electron chi connectivity index (χ4n) is 2.89. The average Bonchev–Trinajstić information content (AvgIpc) is 2.79. The molecule has 0 aliphatic carbocycles. The van der Waals surface area contributed by atoms with Crippen LogP contribution in [0.3, 0.4) is 0 Å². The van der Waals surface area contributed by atoms with Crippen LogP contribution in [0.5, 0.6) is 0 Å². The minimum Gasteiger partial charge on any atom is -0.322 e. The number of carbonyl (C=O) groups excluding carboxylic acids is 1. The average molecular weight is 515 g/mol. The van der Waals surface area contributed by atoms with E-state index in [1.165, 1.54) is 61.3 Å². The van der Waals surface area contributed by atoms with Gasteiger partial charge in [0.1, 0.15) is 0 Å². The smallest absolute Gasteiger partial charge is 0.322 e. The Morgan fingerprint density at radius 2 is 1.61 bits per heavy atom. The van der Waals surface area contributed by atoms with E-state index in [4.69, 9.17) is 11.6 Å². The lowest BCUT2D eigenvalue weighted by atomic mass is 10.1. The van der Waals surface area contributed by atoms with Crippen molar-refractivity contribution in [2.45, 2.75) is 16.0 Å². The van der Waals surface area contributed by atoms with Gasteiger partial charge in [0.25, 0.3) is 15.9 Å². The number of anilines is 2. The molecule has 3 aromatic carbocycles.